The monoisotopic (exact) mass is 1580 g/mol. The number of rotatable bonds is 20. The summed E-state index contributed by atoms with van der Waals surface area (Å²) < 4.78 is 25.6. The Balaban J connectivity index is 0.000000112. The first-order valence-electron chi connectivity index (χ1n) is 40.0. The van der Waals surface area contributed by atoms with Crippen molar-refractivity contribution in [2.45, 2.75) is 160 Å². The molecule has 12 aromatic rings. The minimum atomic E-state index is -0.0463. The molecule has 0 radical (unpaired) electrons. The lowest BCUT2D eigenvalue weighted by molar-refractivity contribution is 0.0694. The third-order valence-electron chi connectivity index (χ3n) is 23.8. The minimum Gasteiger partial charge on any atom is -0.493 e. The molecule has 12 unspecified atom stereocenters. The Bertz CT molecular complexity index is 5280. The van der Waals surface area contributed by atoms with E-state index in [2.05, 4.69) is 80.8 Å². The number of ether oxygens (including phenoxy) is 4. The quantitative estimate of drug-likeness (QED) is 0.0685. The van der Waals surface area contributed by atoms with E-state index < -0.39 is 0 Å². The van der Waals surface area contributed by atoms with Gasteiger partial charge in [-0.1, -0.05) is 6.07 Å². The molecule has 600 valence electrons. The lowest BCUT2D eigenvalue weighted by Crippen LogP contribution is -2.38. The first-order valence-corrected chi connectivity index (χ1v) is 40.0. The average Bonchev–Trinajstić information content (AvgIpc) is 1.63. The highest BCUT2D eigenvalue weighted by Gasteiger charge is 2.54. The number of hydrogen-bond acceptors (Lipinski definition) is 24. The van der Waals surface area contributed by atoms with E-state index in [0.29, 0.717) is 102 Å². The number of amides is 4. The standard InChI is InChI=1S/C22H24N6O2.2C21H22N6O2.C20H23N7O2/c1-14-4-3-9-23-21(14)30-13-16-12-17-6-8-18(16)27(17)22(29)20-19(7-5-15(2)26-20)28-24-10-11-25-28;1-14-2-4-19(27-23-10-11-24-27)20(25-14)21(28)26-16-3-5-18(26)15(12-16)13-29-17-6-8-22-9-7-17;1-14-4-6-19(27-23-9-10-24-27)20(25-14)21(28)26-16-5-7-18(26)15(11-16)13-29-17-3-2-8-22-12-17;1-13-3-5-17(27-22-9-10-23-27)19(24-13)20(28)26-15-4-6-16(26)14(11-15)12-29-18-7-8-21-25(18)2/h3-5,7,9-11,16-18H,6,8,12-13H2,1-2H3;2,4,6-11,15-16,18H,3,5,12-13H2,1H3;2-4,6,8-10,12,15-16,18H,5,7,11,13H2,1H3;3,5,7-10,14-16H,4,6,11-12H2,1-2H3. The second-order valence-electron chi connectivity index (χ2n) is 31.1. The predicted molar refractivity (Wildman–Crippen MR) is 423 cm³/mol. The lowest BCUT2D eigenvalue weighted by atomic mass is 9.90. The summed E-state index contributed by atoms with van der Waals surface area (Å²) in [5.74, 6) is 4.06. The van der Waals surface area contributed by atoms with Gasteiger partial charge in [-0.3, -0.25) is 29.1 Å². The summed E-state index contributed by atoms with van der Waals surface area (Å²) >= 11 is 0. The second-order valence-corrected chi connectivity index (χ2v) is 31.1. The van der Waals surface area contributed by atoms with E-state index in [-0.39, 0.29) is 72.0 Å². The maximum atomic E-state index is 13.6. The minimum absolute atomic E-state index is 0.0417. The Morgan fingerprint density at radius 1 is 0.342 bits per heavy atom. The van der Waals surface area contributed by atoms with Crippen LogP contribution in [-0.4, -0.2) is 223 Å². The van der Waals surface area contributed by atoms with Gasteiger partial charge in [-0.15, -0.1) is 19.2 Å². The van der Waals surface area contributed by atoms with Crippen molar-refractivity contribution >= 4 is 23.6 Å². The van der Waals surface area contributed by atoms with E-state index in [1.54, 1.807) is 91.4 Å². The number of aryl methyl sites for hydroxylation is 6. The maximum absolute atomic E-state index is 13.6. The van der Waals surface area contributed by atoms with Crippen LogP contribution in [-0.2, 0) is 7.05 Å². The molecule has 0 N–H and O–H groups in total. The summed E-state index contributed by atoms with van der Waals surface area (Å²) in [4.78, 5) is 98.8. The van der Waals surface area contributed by atoms with Crippen LogP contribution in [0.1, 0.15) is 147 Å². The number of hydrogen-bond donors (Lipinski definition) is 0. The normalized spacial score (nSPS) is 22.8. The van der Waals surface area contributed by atoms with E-state index in [9.17, 15) is 19.2 Å². The summed E-state index contributed by atoms with van der Waals surface area (Å²) in [6.07, 6.45) is 35.1. The largest absolute Gasteiger partial charge is 0.493 e. The zero-order valence-electron chi connectivity index (χ0n) is 65.9. The molecule has 0 aliphatic carbocycles. The molecule has 8 saturated heterocycles. The van der Waals surface area contributed by atoms with Crippen LogP contribution in [0.25, 0.3) is 22.7 Å². The van der Waals surface area contributed by atoms with Gasteiger partial charge in [0.1, 0.15) is 34.2 Å². The number of nitrogens with zero attached hydrogens (tertiary/aromatic N) is 25. The molecule has 8 aliphatic rings. The molecule has 0 spiro atoms. The Morgan fingerprint density at radius 2 is 0.692 bits per heavy atom. The zero-order chi connectivity index (χ0) is 80.2. The Morgan fingerprint density at radius 3 is 1.03 bits per heavy atom. The van der Waals surface area contributed by atoms with Crippen molar-refractivity contribution in [3.63, 3.8) is 0 Å². The maximum Gasteiger partial charge on any atom is 0.275 e. The molecule has 8 fully saturated rings. The first kappa shape index (κ1) is 76.5. The van der Waals surface area contributed by atoms with Crippen molar-refractivity contribution in [3.05, 3.63) is 229 Å². The van der Waals surface area contributed by atoms with E-state index in [4.69, 9.17) is 18.9 Å². The summed E-state index contributed by atoms with van der Waals surface area (Å²) in [5, 5.41) is 37.6. The molecule has 20 heterocycles. The van der Waals surface area contributed by atoms with Gasteiger partial charge in [0.25, 0.3) is 23.6 Å². The molecule has 117 heavy (non-hydrogen) atoms. The Kier molecular flexibility index (Phi) is 22.1. The molecule has 12 aromatic heterocycles. The third-order valence-corrected chi connectivity index (χ3v) is 23.8. The van der Waals surface area contributed by atoms with Gasteiger partial charge in [0.15, 0.2) is 22.8 Å². The molecule has 4 amide bonds. The van der Waals surface area contributed by atoms with Crippen LogP contribution in [0.4, 0.5) is 0 Å². The smallest absolute Gasteiger partial charge is 0.275 e. The van der Waals surface area contributed by atoms with E-state index in [1.807, 2.05) is 152 Å². The lowest BCUT2D eigenvalue weighted by Gasteiger charge is -2.25. The predicted octanol–water partition coefficient (Wildman–Crippen LogP) is 9.40. The summed E-state index contributed by atoms with van der Waals surface area (Å²) in [6.45, 7) is 11.9. The third kappa shape index (κ3) is 16.0. The van der Waals surface area contributed by atoms with E-state index in [1.165, 1.54) is 19.2 Å². The number of pyridine rings is 7. The molecule has 12 atom stereocenters. The SMILES string of the molecule is Cc1ccc(-n2nccn2)c(C(=O)N2C3CCC2C(COc2cccnc2)C3)n1.Cc1ccc(-n2nccn2)c(C(=O)N2C3CCC2C(COc2ccncc2)C3)n1.Cc1ccc(-n2nccn2)c(C(=O)N2C3CCC2C(COc2ccnn2C)C3)n1.Cc1ccc(-n2nccn2)c(C(=O)N2C3CCC2C(COc2ncccc2C)C3)n1. The molecule has 8 bridgehead atoms. The van der Waals surface area contributed by atoms with Crippen molar-refractivity contribution in [2.24, 2.45) is 30.7 Å². The Labute approximate surface area is 674 Å². The van der Waals surface area contributed by atoms with Crippen molar-refractivity contribution in [3.8, 4) is 46.0 Å². The summed E-state index contributed by atoms with van der Waals surface area (Å²) in [5.41, 5.74) is 8.30. The van der Waals surface area contributed by atoms with Gasteiger partial charge in [-0.25, -0.2) is 29.6 Å². The van der Waals surface area contributed by atoms with Gasteiger partial charge >= 0.3 is 0 Å². The van der Waals surface area contributed by atoms with Crippen LogP contribution in [0.3, 0.4) is 0 Å². The van der Waals surface area contributed by atoms with Crippen LogP contribution < -0.4 is 18.9 Å². The Hall–Kier alpha value is -13.1. The highest BCUT2D eigenvalue weighted by atomic mass is 16.5. The van der Waals surface area contributed by atoms with Crippen LogP contribution in [0.2, 0.25) is 0 Å². The highest BCUT2D eigenvalue weighted by Crippen LogP contribution is 2.47. The molecule has 0 aromatic carbocycles. The second kappa shape index (κ2) is 33.8. The van der Waals surface area contributed by atoms with Gasteiger partial charge < -0.3 is 38.5 Å². The van der Waals surface area contributed by atoms with Crippen molar-refractivity contribution in [1.29, 1.82) is 0 Å². The number of carbonyl (C=O) groups is 4. The van der Waals surface area contributed by atoms with Crippen molar-refractivity contribution < 1.29 is 38.1 Å². The van der Waals surface area contributed by atoms with Gasteiger partial charge in [0.05, 0.1) is 88.4 Å². The fourth-order valence-corrected chi connectivity index (χ4v) is 18.5. The van der Waals surface area contributed by atoms with E-state index >= 15 is 0 Å². The van der Waals surface area contributed by atoms with Crippen molar-refractivity contribution in [1.82, 2.24) is 124 Å². The number of fused-ring (bicyclic) bond motifs is 8. The molecule has 20 rings (SSSR count). The van der Waals surface area contributed by atoms with Crippen molar-refractivity contribution in [2.75, 3.05) is 26.4 Å². The molecular weight excluding hydrogens is 1490 g/mol. The first-order chi connectivity index (χ1) is 57.1. The number of aromatic nitrogens is 21. The van der Waals surface area contributed by atoms with Gasteiger partial charge in [-0.05, 0) is 191 Å². The van der Waals surface area contributed by atoms with Gasteiger partial charge in [0, 0.05) is 138 Å². The van der Waals surface area contributed by atoms with Gasteiger partial charge in [-0.2, -0.15) is 45.9 Å². The summed E-state index contributed by atoms with van der Waals surface area (Å²) in [6, 6.07) is 29.8. The van der Waals surface area contributed by atoms with Crippen LogP contribution in [0.15, 0.2) is 178 Å². The van der Waals surface area contributed by atoms with E-state index in [0.717, 1.165) is 123 Å². The molecule has 33 heteroatoms. The fourth-order valence-electron chi connectivity index (χ4n) is 18.5. The molecule has 8 aliphatic heterocycles. The number of carbonyl (C=O) groups excluding carboxylic acids is 4. The summed E-state index contributed by atoms with van der Waals surface area (Å²) in [7, 11) is 1.86. The fraction of sp³-hybridized carbons (Fsp3) is 0.405. The van der Waals surface area contributed by atoms with Crippen LogP contribution in [0.5, 0.6) is 23.3 Å². The van der Waals surface area contributed by atoms with Crippen LogP contribution in [0, 0.1) is 58.3 Å². The molecule has 33 nitrogen and oxygen atoms in total. The zero-order valence-corrected chi connectivity index (χ0v) is 65.9. The van der Waals surface area contributed by atoms with Gasteiger partial charge in [0.2, 0.25) is 11.8 Å². The molecule has 0 saturated carbocycles. The molecular formula is C84H91N25O8. The topological polar surface area (TPSA) is 349 Å². The average molecular weight is 1580 g/mol. The highest BCUT2D eigenvalue weighted by molar-refractivity contribution is 5.99. The van der Waals surface area contributed by atoms with Crippen LogP contribution >= 0.6 is 0 Å².